The standard InChI is InChI=1S/C9H16/c1-7(2)8-3-4-9(8)5-6-9/h7-8H,3-6H2,1-2H3/t8-/m1/s1. The smallest absolute Gasteiger partial charge is 0.0266 e. The average molecular weight is 124 g/mol. The van der Waals surface area contributed by atoms with E-state index in [1.54, 1.807) is 19.3 Å². The maximum atomic E-state index is 2.38. The molecule has 0 heteroatoms. The third-order valence-corrected chi connectivity index (χ3v) is 3.44. The van der Waals surface area contributed by atoms with E-state index < -0.39 is 0 Å². The van der Waals surface area contributed by atoms with E-state index in [4.69, 9.17) is 0 Å². The first kappa shape index (κ1) is 5.76. The van der Waals surface area contributed by atoms with Crippen molar-refractivity contribution in [3.63, 3.8) is 0 Å². The molecule has 0 unspecified atom stereocenters. The van der Waals surface area contributed by atoms with E-state index in [2.05, 4.69) is 13.8 Å². The van der Waals surface area contributed by atoms with Crippen LogP contribution in [0.3, 0.4) is 0 Å². The van der Waals surface area contributed by atoms with Crippen LogP contribution in [0.2, 0.25) is 0 Å². The molecule has 1 atom stereocenters. The molecule has 2 fully saturated rings. The van der Waals surface area contributed by atoms with Crippen molar-refractivity contribution in [1.82, 2.24) is 0 Å². The zero-order valence-corrected chi connectivity index (χ0v) is 6.48. The van der Waals surface area contributed by atoms with Gasteiger partial charge in [-0.3, -0.25) is 0 Å². The Kier molecular flexibility index (Phi) is 0.980. The number of hydrogen-bond donors (Lipinski definition) is 0. The lowest BCUT2D eigenvalue weighted by Gasteiger charge is -2.40. The highest BCUT2D eigenvalue weighted by Crippen LogP contribution is 2.66. The summed E-state index contributed by atoms with van der Waals surface area (Å²) in [7, 11) is 0. The van der Waals surface area contributed by atoms with E-state index in [1.165, 1.54) is 6.42 Å². The fraction of sp³-hybridized carbons (Fsp3) is 1.00. The summed E-state index contributed by atoms with van der Waals surface area (Å²) in [5.74, 6) is 2.07. The van der Waals surface area contributed by atoms with Gasteiger partial charge in [0.25, 0.3) is 0 Å². The van der Waals surface area contributed by atoms with E-state index >= 15 is 0 Å². The highest BCUT2D eigenvalue weighted by molar-refractivity contribution is 5.06. The molecular formula is C9H16. The van der Waals surface area contributed by atoms with Crippen LogP contribution in [0.5, 0.6) is 0 Å². The zero-order chi connectivity index (χ0) is 6.48. The number of hydrogen-bond acceptors (Lipinski definition) is 0. The predicted octanol–water partition coefficient (Wildman–Crippen LogP) is 2.83. The van der Waals surface area contributed by atoms with Crippen molar-refractivity contribution in [3.8, 4) is 0 Å². The van der Waals surface area contributed by atoms with Crippen LogP contribution in [0.15, 0.2) is 0 Å². The Morgan fingerprint density at radius 2 is 1.89 bits per heavy atom. The van der Waals surface area contributed by atoms with Crippen LogP contribution in [0.4, 0.5) is 0 Å². The molecule has 9 heavy (non-hydrogen) atoms. The van der Waals surface area contributed by atoms with E-state index in [1.807, 2.05) is 0 Å². The molecule has 0 saturated heterocycles. The molecule has 2 aliphatic rings. The molecular weight excluding hydrogens is 108 g/mol. The normalized spacial score (nSPS) is 37.0. The van der Waals surface area contributed by atoms with Crippen LogP contribution in [-0.4, -0.2) is 0 Å². The molecule has 0 bridgehead atoms. The van der Waals surface area contributed by atoms with Gasteiger partial charge in [0.05, 0.1) is 0 Å². The molecule has 0 aromatic rings. The minimum absolute atomic E-state index is 0.911. The second-order valence-corrected chi connectivity index (χ2v) is 4.25. The molecule has 1 spiro atoms. The summed E-state index contributed by atoms with van der Waals surface area (Å²) in [6.07, 6.45) is 6.18. The molecule has 0 nitrogen and oxygen atoms in total. The Bertz CT molecular complexity index is 120. The minimum Gasteiger partial charge on any atom is -0.0625 e. The fourth-order valence-electron chi connectivity index (χ4n) is 2.54. The van der Waals surface area contributed by atoms with Gasteiger partial charge < -0.3 is 0 Å². The molecule has 0 aromatic carbocycles. The van der Waals surface area contributed by atoms with Gasteiger partial charge in [-0.1, -0.05) is 13.8 Å². The van der Waals surface area contributed by atoms with E-state index in [0.717, 1.165) is 17.3 Å². The van der Waals surface area contributed by atoms with Gasteiger partial charge in [-0.15, -0.1) is 0 Å². The topological polar surface area (TPSA) is 0 Å². The average Bonchev–Trinajstić information content (AvgIpc) is 2.37. The molecule has 52 valence electrons. The van der Waals surface area contributed by atoms with Crippen molar-refractivity contribution < 1.29 is 0 Å². The van der Waals surface area contributed by atoms with Crippen LogP contribution in [0.25, 0.3) is 0 Å². The fourth-order valence-corrected chi connectivity index (χ4v) is 2.54. The zero-order valence-electron chi connectivity index (χ0n) is 6.48. The highest BCUT2D eigenvalue weighted by atomic mass is 14.6. The second-order valence-electron chi connectivity index (χ2n) is 4.25. The van der Waals surface area contributed by atoms with E-state index in [-0.39, 0.29) is 0 Å². The second kappa shape index (κ2) is 1.53. The van der Waals surface area contributed by atoms with Gasteiger partial charge in [-0.25, -0.2) is 0 Å². The van der Waals surface area contributed by atoms with Crippen LogP contribution in [0, 0.1) is 17.3 Å². The molecule has 0 aromatic heterocycles. The van der Waals surface area contributed by atoms with Crippen LogP contribution >= 0.6 is 0 Å². The summed E-state index contributed by atoms with van der Waals surface area (Å²) in [4.78, 5) is 0. The van der Waals surface area contributed by atoms with Gasteiger partial charge in [0.15, 0.2) is 0 Å². The lowest BCUT2D eigenvalue weighted by molar-refractivity contribution is 0.0975. The quantitative estimate of drug-likeness (QED) is 0.504. The van der Waals surface area contributed by atoms with Crippen molar-refractivity contribution in [1.29, 1.82) is 0 Å². The minimum atomic E-state index is 0.911. The first-order valence-electron chi connectivity index (χ1n) is 4.25. The summed E-state index contributed by atoms with van der Waals surface area (Å²) in [6, 6.07) is 0. The largest absolute Gasteiger partial charge is 0.0625 e. The highest BCUT2D eigenvalue weighted by Gasteiger charge is 2.55. The monoisotopic (exact) mass is 124 g/mol. The van der Waals surface area contributed by atoms with Crippen molar-refractivity contribution in [2.45, 2.75) is 39.5 Å². The summed E-state index contributed by atoms with van der Waals surface area (Å²) in [6.45, 7) is 4.76. The SMILES string of the molecule is CC(C)[C@H]1CCC12CC2. The Morgan fingerprint density at radius 1 is 1.22 bits per heavy atom. The predicted molar refractivity (Wildman–Crippen MR) is 39.2 cm³/mol. The summed E-state index contributed by atoms with van der Waals surface area (Å²) < 4.78 is 0. The summed E-state index contributed by atoms with van der Waals surface area (Å²) in [5, 5.41) is 0. The molecule has 0 N–H and O–H groups in total. The van der Waals surface area contributed by atoms with Crippen LogP contribution < -0.4 is 0 Å². The van der Waals surface area contributed by atoms with Gasteiger partial charge in [-0.2, -0.15) is 0 Å². The van der Waals surface area contributed by atoms with Crippen molar-refractivity contribution in [2.75, 3.05) is 0 Å². The molecule has 0 amide bonds. The Labute approximate surface area is 57.6 Å². The van der Waals surface area contributed by atoms with Crippen LogP contribution in [-0.2, 0) is 0 Å². The van der Waals surface area contributed by atoms with Crippen molar-refractivity contribution in [2.24, 2.45) is 17.3 Å². The van der Waals surface area contributed by atoms with Gasteiger partial charge >= 0.3 is 0 Å². The maximum absolute atomic E-state index is 2.38. The lowest BCUT2D eigenvalue weighted by Crippen LogP contribution is -2.31. The van der Waals surface area contributed by atoms with Gasteiger partial charge in [-0.05, 0) is 42.9 Å². The Balaban J connectivity index is 1.99. The third-order valence-electron chi connectivity index (χ3n) is 3.44. The van der Waals surface area contributed by atoms with Crippen LogP contribution in [0.1, 0.15) is 39.5 Å². The number of rotatable bonds is 1. The van der Waals surface area contributed by atoms with Crippen molar-refractivity contribution >= 4 is 0 Å². The van der Waals surface area contributed by atoms with Gasteiger partial charge in [0.1, 0.15) is 0 Å². The molecule has 2 aliphatic carbocycles. The summed E-state index contributed by atoms with van der Waals surface area (Å²) in [5.41, 5.74) is 0.911. The first-order chi connectivity index (χ1) is 4.25. The molecule has 2 rings (SSSR count). The Hall–Kier alpha value is 0. The first-order valence-corrected chi connectivity index (χ1v) is 4.25. The lowest BCUT2D eigenvalue weighted by atomic mass is 9.65. The van der Waals surface area contributed by atoms with Gasteiger partial charge in [0, 0.05) is 0 Å². The van der Waals surface area contributed by atoms with E-state index in [0.29, 0.717) is 0 Å². The third kappa shape index (κ3) is 0.653. The Morgan fingerprint density at radius 3 is 2.00 bits per heavy atom. The molecule has 2 saturated carbocycles. The molecule has 0 aliphatic heterocycles. The molecule has 0 radical (unpaired) electrons. The van der Waals surface area contributed by atoms with E-state index in [9.17, 15) is 0 Å². The van der Waals surface area contributed by atoms with Gasteiger partial charge in [0.2, 0.25) is 0 Å². The maximum Gasteiger partial charge on any atom is -0.0266 e. The van der Waals surface area contributed by atoms with Crippen molar-refractivity contribution in [3.05, 3.63) is 0 Å². The molecule has 0 heterocycles. The summed E-state index contributed by atoms with van der Waals surface area (Å²) >= 11 is 0.